The Labute approximate surface area is 140 Å². The van der Waals surface area contributed by atoms with Crippen molar-refractivity contribution < 1.29 is 0 Å². The Morgan fingerprint density at radius 1 is 1.14 bits per heavy atom. The van der Waals surface area contributed by atoms with Crippen molar-refractivity contribution in [2.75, 3.05) is 5.32 Å². The number of nitrogens with one attached hydrogen (secondary N) is 1. The van der Waals surface area contributed by atoms with Gasteiger partial charge >= 0.3 is 0 Å². The predicted molar refractivity (Wildman–Crippen MR) is 94.0 cm³/mol. The molecule has 3 unspecified atom stereocenters. The third kappa shape index (κ3) is 2.15. The van der Waals surface area contributed by atoms with Crippen LogP contribution < -0.4 is 5.32 Å². The zero-order chi connectivity index (χ0) is 15.3. The molecule has 3 atom stereocenters. The van der Waals surface area contributed by atoms with E-state index in [2.05, 4.69) is 42.6 Å². The standard InChI is InChI=1S/C19H17Cl2N/c1-11-8-9-16(21)17-14-6-3-7-15(14)19(22-18(11)17)12-4-2-5-13(20)10-12/h2-6,8-10,14-15,19,22H,7H2,1H3. The summed E-state index contributed by atoms with van der Waals surface area (Å²) >= 11 is 12.7. The van der Waals surface area contributed by atoms with Crippen LogP contribution in [-0.2, 0) is 0 Å². The summed E-state index contributed by atoms with van der Waals surface area (Å²) in [4.78, 5) is 0. The fraction of sp³-hybridized carbons (Fsp3) is 0.263. The summed E-state index contributed by atoms with van der Waals surface area (Å²) < 4.78 is 0. The van der Waals surface area contributed by atoms with Gasteiger partial charge in [-0.05, 0) is 48.6 Å². The van der Waals surface area contributed by atoms with E-state index in [0.717, 1.165) is 16.5 Å². The van der Waals surface area contributed by atoms with Gasteiger partial charge in [-0.1, -0.05) is 53.6 Å². The normalized spacial score (nSPS) is 25.5. The molecule has 0 radical (unpaired) electrons. The van der Waals surface area contributed by atoms with Crippen LogP contribution in [0.1, 0.15) is 35.1 Å². The molecule has 1 heterocycles. The van der Waals surface area contributed by atoms with E-state index in [-0.39, 0.29) is 6.04 Å². The Morgan fingerprint density at radius 2 is 2.00 bits per heavy atom. The number of anilines is 1. The van der Waals surface area contributed by atoms with Crippen molar-refractivity contribution >= 4 is 28.9 Å². The molecule has 1 aliphatic carbocycles. The fourth-order valence-electron chi connectivity index (χ4n) is 3.84. The highest BCUT2D eigenvalue weighted by atomic mass is 35.5. The van der Waals surface area contributed by atoms with Gasteiger partial charge in [0, 0.05) is 27.2 Å². The smallest absolute Gasteiger partial charge is 0.0554 e. The molecule has 2 aromatic rings. The second kappa shape index (κ2) is 5.33. The van der Waals surface area contributed by atoms with Crippen molar-refractivity contribution in [2.24, 2.45) is 5.92 Å². The van der Waals surface area contributed by atoms with E-state index in [4.69, 9.17) is 23.2 Å². The van der Waals surface area contributed by atoms with Gasteiger partial charge in [0.25, 0.3) is 0 Å². The molecule has 0 bridgehead atoms. The van der Waals surface area contributed by atoms with Gasteiger partial charge in [-0.15, -0.1) is 0 Å². The fourth-order valence-corrected chi connectivity index (χ4v) is 4.32. The zero-order valence-corrected chi connectivity index (χ0v) is 13.8. The monoisotopic (exact) mass is 329 g/mol. The number of aryl methyl sites for hydroxylation is 1. The maximum atomic E-state index is 6.50. The Kier molecular flexibility index (Phi) is 3.43. The first-order valence-corrected chi connectivity index (χ1v) is 8.38. The van der Waals surface area contributed by atoms with Crippen molar-refractivity contribution in [3.8, 4) is 0 Å². The molecular weight excluding hydrogens is 313 g/mol. The van der Waals surface area contributed by atoms with Gasteiger partial charge in [-0.2, -0.15) is 0 Å². The molecule has 0 spiro atoms. The Morgan fingerprint density at radius 3 is 2.82 bits per heavy atom. The molecule has 4 rings (SSSR count). The second-order valence-corrected chi connectivity index (χ2v) is 7.03. The number of fused-ring (bicyclic) bond motifs is 3. The minimum atomic E-state index is 0.267. The summed E-state index contributed by atoms with van der Waals surface area (Å²) in [5.41, 5.74) is 4.92. The largest absolute Gasteiger partial charge is 0.377 e. The van der Waals surface area contributed by atoms with Crippen LogP contribution >= 0.6 is 23.2 Å². The van der Waals surface area contributed by atoms with Crippen LogP contribution in [0.4, 0.5) is 5.69 Å². The van der Waals surface area contributed by atoms with Gasteiger partial charge in [0.15, 0.2) is 0 Å². The average molecular weight is 330 g/mol. The predicted octanol–water partition coefficient (Wildman–Crippen LogP) is 6.13. The SMILES string of the molecule is Cc1ccc(Cl)c2c1NC(c1cccc(Cl)c1)C1CC=CC21. The maximum Gasteiger partial charge on any atom is 0.0554 e. The number of hydrogen-bond acceptors (Lipinski definition) is 1. The molecule has 1 nitrogen and oxygen atoms in total. The first-order valence-electron chi connectivity index (χ1n) is 7.63. The molecule has 0 aromatic heterocycles. The summed E-state index contributed by atoms with van der Waals surface area (Å²) in [6.07, 6.45) is 5.66. The van der Waals surface area contributed by atoms with E-state index in [1.165, 1.54) is 22.4 Å². The van der Waals surface area contributed by atoms with E-state index in [1.54, 1.807) is 0 Å². The molecule has 1 N–H and O–H groups in total. The molecule has 0 saturated heterocycles. The molecule has 3 heteroatoms. The molecule has 1 aliphatic heterocycles. The zero-order valence-electron chi connectivity index (χ0n) is 12.3. The molecule has 22 heavy (non-hydrogen) atoms. The van der Waals surface area contributed by atoms with Crippen LogP contribution in [-0.4, -0.2) is 0 Å². The lowest BCUT2D eigenvalue weighted by Crippen LogP contribution is -2.29. The van der Waals surface area contributed by atoms with Gasteiger partial charge < -0.3 is 5.32 Å². The van der Waals surface area contributed by atoms with E-state index in [0.29, 0.717) is 11.8 Å². The van der Waals surface area contributed by atoms with Crippen molar-refractivity contribution in [3.63, 3.8) is 0 Å². The molecule has 2 aliphatic rings. The minimum absolute atomic E-state index is 0.267. The molecular formula is C19H17Cl2N. The third-order valence-corrected chi connectivity index (χ3v) is 5.45. The van der Waals surface area contributed by atoms with Crippen LogP contribution in [0.25, 0.3) is 0 Å². The molecule has 0 amide bonds. The Balaban J connectivity index is 1.86. The van der Waals surface area contributed by atoms with Crippen LogP contribution in [0.5, 0.6) is 0 Å². The second-order valence-electron chi connectivity index (χ2n) is 6.18. The Hall–Kier alpha value is -1.44. The van der Waals surface area contributed by atoms with Gasteiger partial charge in [-0.25, -0.2) is 0 Å². The lowest BCUT2D eigenvalue weighted by molar-refractivity contribution is 0.425. The summed E-state index contributed by atoms with van der Waals surface area (Å²) in [5.74, 6) is 0.873. The number of allylic oxidation sites excluding steroid dienone is 2. The van der Waals surface area contributed by atoms with Crippen LogP contribution in [0, 0.1) is 12.8 Å². The molecule has 2 aromatic carbocycles. The molecule has 112 valence electrons. The number of benzene rings is 2. The minimum Gasteiger partial charge on any atom is -0.377 e. The van der Waals surface area contributed by atoms with E-state index < -0.39 is 0 Å². The first-order chi connectivity index (χ1) is 10.6. The van der Waals surface area contributed by atoms with Gasteiger partial charge in [0.1, 0.15) is 0 Å². The summed E-state index contributed by atoms with van der Waals surface area (Å²) in [5, 5.41) is 5.39. The number of hydrogen-bond donors (Lipinski definition) is 1. The molecule has 0 fully saturated rings. The highest BCUT2D eigenvalue weighted by Gasteiger charge is 2.39. The van der Waals surface area contributed by atoms with Crippen LogP contribution in [0.3, 0.4) is 0 Å². The average Bonchev–Trinajstić information content (AvgIpc) is 2.99. The van der Waals surface area contributed by atoms with Crippen LogP contribution in [0.15, 0.2) is 48.6 Å². The summed E-state index contributed by atoms with van der Waals surface area (Å²) in [6, 6.07) is 12.5. The van der Waals surface area contributed by atoms with Gasteiger partial charge in [-0.3, -0.25) is 0 Å². The van der Waals surface area contributed by atoms with E-state index in [1.807, 2.05) is 18.2 Å². The van der Waals surface area contributed by atoms with Crippen LogP contribution in [0.2, 0.25) is 10.0 Å². The maximum absolute atomic E-state index is 6.50. The van der Waals surface area contributed by atoms with E-state index in [9.17, 15) is 0 Å². The van der Waals surface area contributed by atoms with E-state index >= 15 is 0 Å². The number of rotatable bonds is 1. The van der Waals surface area contributed by atoms with Gasteiger partial charge in [0.05, 0.1) is 6.04 Å². The first kappa shape index (κ1) is 14.2. The number of halogens is 2. The summed E-state index contributed by atoms with van der Waals surface area (Å²) in [6.45, 7) is 2.14. The topological polar surface area (TPSA) is 12.0 Å². The molecule has 0 saturated carbocycles. The lowest BCUT2D eigenvalue weighted by atomic mass is 9.76. The highest BCUT2D eigenvalue weighted by Crippen LogP contribution is 2.52. The van der Waals surface area contributed by atoms with Gasteiger partial charge in [0.2, 0.25) is 0 Å². The highest BCUT2D eigenvalue weighted by molar-refractivity contribution is 6.32. The van der Waals surface area contributed by atoms with Crippen molar-refractivity contribution in [1.29, 1.82) is 0 Å². The Bertz CT molecular complexity index is 766. The van der Waals surface area contributed by atoms with Crippen molar-refractivity contribution in [2.45, 2.75) is 25.3 Å². The van der Waals surface area contributed by atoms with Crippen molar-refractivity contribution in [3.05, 3.63) is 75.3 Å². The van der Waals surface area contributed by atoms with Crippen molar-refractivity contribution in [1.82, 2.24) is 0 Å². The lowest BCUT2D eigenvalue weighted by Gasteiger charge is -2.38. The third-order valence-electron chi connectivity index (χ3n) is 4.88. The summed E-state index contributed by atoms with van der Waals surface area (Å²) in [7, 11) is 0. The quantitative estimate of drug-likeness (QED) is 0.620.